The van der Waals surface area contributed by atoms with Crippen LogP contribution in [0, 0.1) is 11.8 Å². The number of nitrogens with one attached hydrogen (secondary N) is 2. The fourth-order valence-electron chi connectivity index (χ4n) is 5.17. The number of benzene rings is 2. The first-order valence-corrected chi connectivity index (χ1v) is 11.6. The Kier molecular flexibility index (Phi) is 7.27. The Balaban J connectivity index is 1.24. The van der Waals surface area contributed by atoms with Crippen LogP contribution in [0.2, 0.25) is 0 Å². The summed E-state index contributed by atoms with van der Waals surface area (Å²) in [7, 11) is 0. The number of rotatable bonds is 9. The Morgan fingerprint density at radius 1 is 0.939 bits per heavy atom. The molecule has 0 saturated heterocycles. The number of carbonyl (C=O) groups is 3. The second-order valence-electron chi connectivity index (χ2n) is 8.89. The van der Waals surface area contributed by atoms with Crippen LogP contribution in [0.1, 0.15) is 49.1 Å². The third-order valence-corrected chi connectivity index (χ3v) is 6.80. The molecule has 33 heavy (non-hydrogen) atoms. The van der Waals surface area contributed by atoms with Crippen molar-refractivity contribution in [2.45, 2.75) is 38.0 Å². The number of hydrogen-bond acceptors (Lipinski definition) is 4. The Morgan fingerprint density at radius 2 is 1.55 bits per heavy atom. The number of ether oxygens (including phenoxy) is 1. The Hall–Kier alpha value is -3.35. The lowest BCUT2D eigenvalue weighted by molar-refractivity contribution is -0.138. The molecule has 0 bridgehead atoms. The summed E-state index contributed by atoms with van der Waals surface area (Å²) in [4.78, 5) is 35.6. The van der Waals surface area contributed by atoms with Gasteiger partial charge in [-0.05, 0) is 34.1 Å². The van der Waals surface area contributed by atoms with E-state index in [0.717, 1.165) is 47.9 Å². The van der Waals surface area contributed by atoms with Crippen LogP contribution in [0.15, 0.2) is 48.5 Å². The summed E-state index contributed by atoms with van der Waals surface area (Å²) in [5.41, 5.74) is 4.56. The zero-order valence-corrected chi connectivity index (χ0v) is 18.6. The fourth-order valence-corrected chi connectivity index (χ4v) is 5.17. The monoisotopic (exact) mass is 450 g/mol. The maximum atomic E-state index is 12.2. The Labute approximate surface area is 193 Å². The predicted octanol–water partition coefficient (Wildman–Crippen LogP) is 3.92. The standard InChI is InChI=1S/C26H30N2O5/c29-24(27-14-18(13-25(30)31)17-7-1-2-8-17)15-28-26(32)33-16-23-21-11-5-3-9-19(21)20-10-4-6-12-22(20)23/h3-6,9-12,17-18,23H,1-2,7-8,13-16H2,(H,27,29)(H,28,32)(H,30,31). The number of hydrogen-bond donors (Lipinski definition) is 3. The molecule has 2 amide bonds. The topological polar surface area (TPSA) is 105 Å². The largest absolute Gasteiger partial charge is 0.481 e. The molecule has 1 fully saturated rings. The molecular formula is C26H30N2O5. The average Bonchev–Trinajstić information content (AvgIpc) is 3.46. The summed E-state index contributed by atoms with van der Waals surface area (Å²) >= 11 is 0. The number of amides is 2. The first-order valence-electron chi connectivity index (χ1n) is 11.6. The predicted molar refractivity (Wildman–Crippen MR) is 124 cm³/mol. The second kappa shape index (κ2) is 10.5. The minimum atomic E-state index is -0.849. The lowest BCUT2D eigenvalue weighted by Crippen LogP contribution is -2.40. The highest BCUT2D eigenvalue weighted by atomic mass is 16.5. The summed E-state index contributed by atoms with van der Waals surface area (Å²) in [5.74, 6) is -0.991. The number of carboxylic acids is 1. The summed E-state index contributed by atoms with van der Waals surface area (Å²) in [6.45, 7) is 0.285. The van der Waals surface area contributed by atoms with Crippen molar-refractivity contribution < 1.29 is 24.2 Å². The summed E-state index contributed by atoms with van der Waals surface area (Å²) in [6, 6.07) is 16.2. The van der Waals surface area contributed by atoms with E-state index in [-0.39, 0.29) is 37.3 Å². The van der Waals surface area contributed by atoms with Crippen LogP contribution in [0.5, 0.6) is 0 Å². The number of carbonyl (C=O) groups excluding carboxylic acids is 2. The quantitative estimate of drug-likeness (QED) is 0.537. The third kappa shape index (κ3) is 5.53. The van der Waals surface area contributed by atoms with Crippen molar-refractivity contribution in [3.05, 3.63) is 59.7 Å². The third-order valence-electron chi connectivity index (χ3n) is 6.80. The molecule has 0 aromatic heterocycles. The van der Waals surface area contributed by atoms with E-state index in [0.29, 0.717) is 12.5 Å². The minimum absolute atomic E-state index is 0.0415. The van der Waals surface area contributed by atoms with Gasteiger partial charge in [0.1, 0.15) is 6.61 Å². The lowest BCUT2D eigenvalue weighted by atomic mass is 9.88. The van der Waals surface area contributed by atoms with E-state index in [2.05, 4.69) is 22.8 Å². The molecule has 1 saturated carbocycles. The fraction of sp³-hybridized carbons (Fsp3) is 0.423. The first kappa shape index (κ1) is 22.8. The molecule has 2 aromatic rings. The minimum Gasteiger partial charge on any atom is -0.481 e. The molecule has 174 valence electrons. The Bertz CT molecular complexity index is 970. The van der Waals surface area contributed by atoms with Gasteiger partial charge < -0.3 is 20.5 Å². The zero-order valence-electron chi connectivity index (χ0n) is 18.6. The molecule has 3 N–H and O–H groups in total. The van der Waals surface area contributed by atoms with Crippen molar-refractivity contribution in [2.75, 3.05) is 19.7 Å². The summed E-state index contributed by atoms with van der Waals surface area (Å²) in [6.07, 6.45) is 3.63. The van der Waals surface area contributed by atoms with Gasteiger partial charge in [0, 0.05) is 12.5 Å². The van der Waals surface area contributed by atoms with Crippen LogP contribution < -0.4 is 10.6 Å². The van der Waals surface area contributed by atoms with Gasteiger partial charge in [-0.3, -0.25) is 9.59 Å². The molecule has 7 heteroatoms. The van der Waals surface area contributed by atoms with Crippen LogP contribution in [-0.4, -0.2) is 42.8 Å². The van der Waals surface area contributed by atoms with Crippen molar-refractivity contribution >= 4 is 18.0 Å². The lowest BCUT2D eigenvalue weighted by Gasteiger charge is -2.22. The number of carboxylic acid groups (broad SMARTS) is 1. The van der Waals surface area contributed by atoms with Crippen LogP contribution in [-0.2, 0) is 14.3 Å². The normalized spacial score (nSPS) is 16.0. The van der Waals surface area contributed by atoms with Crippen molar-refractivity contribution in [3.63, 3.8) is 0 Å². The molecule has 2 aliphatic rings. The molecular weight excluding hydrogens is 420 g/mol. The number of fused-ring (bicyclic) bond motifs is 3. The Morgan fingerprint density at radius 3 is 2.15 bits per heavy atom. The first-order chi connectivity index (χ1) is 16.0. The van der Waals surface area contributed by atoms with Gasteiger partial charge in [0.15, 0.2) is 0 Å². The molecule has 0 aliphatic heterocycles. The SMILES string of the molecule is O=C(O)CC(CNC(=O)CNC(=O)OCC1c2ccccc2-c2ccccc21)C1CCCC1. The highest BCUT2D eigenvalue weighted by molar-refractivity contribution is 5.82. The number of alkyl carbamates (subject to hydrolysis) is 1. The van der Waals surface area contributed by atoms with Gasteiger partial charge in [-0.25, -0.2) is 4.79 Å². The van der Waals surface area contributed by atoms with Crippen LogP contribution in [0.3, 0.4) is 0 Å². The van der Waals surface area contributed by atoms with E-state index < -0.39 is 12.1 Å². The smallest absolute Gasteiger partial charge is 0.407 e. The van der Waals surface area contributed by atoms with Crippen molar-refractivity contribution in [1.82, 2.24) is 10.6 Å². The summed E-state index contributed by atoms with van der Waals surface area (Å²) < 4.78 is 5.44. The van der Waals surface area contributed by atoms with E-state index in [1.165, 1.54) is 0 Å². The molecule has 1 unspecified atom stereocenters. The maximum absolute atomic E-state index is 12.2. The van der Waals surface area contributed by atoms with E-state index in [1.807, 2.05) is 36.4 Å². The van der Waals surface area contributed by atoms with E-state index in [9.17, 15) is 19.5 Å². The number of aliphatic carboxylic acids is 1. The molecule has 7 nitrogen and oxygen atoms in total. The van der Waals surface area contributed by atoms with Crippen LogP contribution in [0.4, 0.5) is 4.79 Å². The van der Waals surface area contributed by atoms with Crippen molar-refractivity contribution in [2.24, 2.45) is 11.8 Å². The molecule has 0 heterocycles. The molecule has 2 aromatic carbocycles. The molecule has 0 spiro atoms. The average molecular weight is 451 g/mol. The highest BCUT2D eigenvalue weighted by Crippen LogP contribution is 2.44. The molecule has 2 aliphatic carbocycles. The van der Waals surface area contributed by atoms with Gasteiger partial charge in [0.2, 0.25) is 5.91 Å². The van der Waals surface area contributed by atoms with Crippen molar-refractivity contribution in [1.29, 1.82) is 0 Å². The molecule has 1 atom stereocenters. The van der Waals surface area contributed by atoms with Gasteiger partial charge in [0.05, 0.1) is 13.0 Å². The van der Waals surface area contributed by atoms with Gasteiger partial charge in [0.25, 0.3) is 0 Å². The molecule has 0 radical (unpaired) electrons. The van der Waals surface area contributed by atoms with E-state index >= 15 is 0 Å². The maximum Gasteiger partial charge on any atom is 0.407 e. The van der Waals surface area contributed by atoms with E-state index in [1.54, 1.807) is 0 Å². The zero-order chi connectivity index (χ0) is 23.2. The van der Waals surface area contributed by atoms with Crippen molar-refractivity contribution in [3.8, 4) is 11.1 Å². The van der Waals surface area contributed by atoms with Gasteiger partial charge in [-0.2, -0.15) is 0 Å². The summed E-state index contributed by atoms with van der Waals surface area (Å²) in [5, 5.41) is 14.4. The second-order valence-corrected chi connectivity index (χ2v) is 8.89. The van der Waals surface area contributed by atoms with Gasteiger partial charge in [-0.1, -0.05) is 74.2 Å². The van der Waals surface area contributed by atoms with Gasteiger partial charge >= 0.3 is 12.1 Å². The molecule has 4 rings (SSSR count). The van der Waals surface area contributed by atoms with Crippen LogP contribution >= 0.6 is 0 Å². The highest BCUT2D eigenvalue weighted by Gasteiger charge is 2.29. The van der Waals surface area contributed by atoms with Crippen LogP contribution in [0.25, 0.3) is 11.1 Å². The van der Waals surface area contributed by atoms with Gasteiger partial charge in [-0.15, -0.1) is 0 Å². The van der Waals surface area contributed by atoms with E-state index in [4.69, 9.17) is 4.74 Å².